The Morgan fingerprint density at radius 3 is 2.56 bits per heavy atom. The highest BCUT2D eigenvalue weighted by atomic mass is 19.4. The summed E-state index contributed by atoms with van der Waals surface area (Å²) in [6.07, 6.45) is -0.832. The van der Waals surface area contributed by atoms with Crippen LogP contribution in [0.2, 0.25) is 0 Å². The zero-order valence-corrected chi connectivity index (χ0v) is 21.5. The van der Waals surface area contributed by atoms with E-state index < -0.39 is 17.6 Å². The van der Waals surface area contributed by atoms with Gasteiger partial charge in [-0.25, -0.2) is 9.97 Å². The highest BCUT2D eigenvalue weighted by Gasteiger charge is 2.31. The molecular weight excluding hydrogens is 509 g/mol. The molecule has 0 aliphatic heterocycles. The summed E-state index contributed by atoms with van der Waals surface area (Å²) in [4.78, 5) is 23.4. The summed E-state index contributed by atoms with van der Waals surface area (Å²) in [5.74, 6) is 1.97. The predicted octanol–water partition coefficient (Wildman–Crippen LogP) is 5.63. The Morgan fingerprint density at radius 1 is 1.05 bits per heavy atom. The van der Waals surface area contributed by atoms with Crippen LogP contribution in [-0.2, 0) is 6.18 Å². The lowest BCUT2D eigenvalue weighted by Crippen LogP contribution is -2.18. The second kappa shape index (κ2) is 10.3. The first-order valence-corrected chi connectivity index (χ1v) is 12.3. The maximum atomic E-state index is 13.1. The van der Waals surface area contributed by atoms with Gasteiger partial charge in [0.25, 0.3) is 5.91 Å². The molecule has 0 unspecified atom stereocenters. The summed E-state index contributed by atoms with van der Waals surface area (Å²) in [5.41, 5.74) is 1.13. The molecule has 2 aromatic heterocycles. The molecule has 2 heterocycles. The first-order valence-electron chi connectivity index (χ1n) is 12.3. The average Bonchev–Trinajstić information content (AvgIpc) is 3.62. The van der Waals surface area contributed by atoms with E-state index >= 15 is 0 Å². The van der Waals surface area contributed by atoms with E-state index in [-0.39, 0.29) is 5.56 Å². The molecule has 5 rings (SSSR count). The van der Waals surface area contributed by atoms with E-state index in [1.807, 2.05) is 37.1 Å². The van der Waals surface area contributed by atoms with E-state index in [9.17, 15) is 18.0 Å². The summed E-state index contributed by atoms with van der Waals surface area (Å²) in [6, 6.07) is 13.7. The number of nitrogens with zero attached hydrogens (tertiary/aromatic N) is 5. The van der Waals surface area contributed by atoms with Crippen LogP contribution in [-0.4, -0.2) is 45.8 Å². The van der Waals surface area contributed by atoms with E-state index in [1.165, 1.54) is 18.5 Å². The minimum atomic E-state index is -4.54. The Labute approximate surface area is 223 Å². The monoisotopic (exact) mass is 536 g/mol. The highest BCUT2D eigenvalue weighted by molar-refractivity contribution is 6.04. The van der Waals surface area contributed by atoms with Crippen LogP contribution < -0.4 is 20.9 Å². The number of aryl methyl sites for hydroxylation is 1. The van der Waals surface area contributed by atoms with Crippen LogP contribution in [0.3, 0.4) is 0 Å². The van der Waals surface area contributed by atoms with Crippen molar-refractivity contribution >= 4 is 34.7 Å². The molecule has 0 spiro atoms. The van der Waals surface area contributed by atoms with Crippen molar-refractivity contribution < 1.29 is 18.0 Å². The predicted molar refractivity (Wildman–Crippen MR) is 144 cm³/mol. The van der Waals surface area contributed by atoms with Gasteiger partial charge in [0.1, 0.15) is 23.8 Å². The molecule has 39 heavy (non-hydrogen) atoms. The van der Waals surface area contributed by atoms with Crippen LogP contribution in [0.15, 0.2) is 60.9 Å². The molecular formula is C27H27F3N8O. The summed E-state index contributed by atoms with van der Waals surface area (Å²) in [6.45, 7) is 1.92. The van der Waals surface area contributed by atoms with Crippen molar-refractivity contribution in [2.24, 2.45) is 0 Å². The molecule has 1 aliphatic rings. The number of rotatable bonds is 8. The Bertz CT molecular complexity index is 1510. The lowest BCUT2D eigenvalue weighted by Gasteiger charge is -2.23. The van der Waals surface area contributed by atoms with Crippen LogP contribution in [0.5, 0.6) is 0 Å². The zero-order chi connectivity index (χ0) is 27.7. The standard InChI is InChI=1S/C27H27F3N8O/c1-16-7-8-20(35-26(39)17-5-4-6-18(11-17)27(28,29)30)12-21(16)37(3)25-14-22(31-2)36-38(25)24-13-23(32-15-33-24)34-19-9-10-19/h4-8,11-15,19H,9-10H2,1-3H3,(H,31,36)(H,35,39)(H,32,33,34). The number of hydrogen-bond donors (Lipinski definition) is 3. The lowest BCUT2D eigenvalue weighted by atomic mass is 10.1. The molecule has 3 N–H and O–H groups in total. The van der Waals surface area contributed by atoms with Gasteiger partial charge in [0.05, 0.1) is 5.56 Å². The number of alkyl halides is 3. The molecule has 1 fully saturated rings. The van der Waals surface area contributed by atoms with Gasteiger partial charge in [-0.1, -0.05) is 12.1 Å². The fourth-order valence-electron chi connectivity index (χ4n) is 4.09. The van der Waals surface area contributed by atoms with Gasteiger partial charge < -0.3 is 20.9 Å². The SMILES string of the molecule is CNc1cc(N(C)c2cc(NC(=O)c3cccc(C(F)(F)F)c3)ccc2C)n(-c2cc(NC3CC3)ncn2)n1. The molecule has 1 saturated carbocycles. The minimum absolute atomic E-state index is 0.0867. The third kappa shape index (κ3) is 5.79. The van der Waals surface area contributed by atoms with Crippen LogP contribution in [0.4, 0.5) is 42.0 Å². The third-order valence-corrected chi connectivity index (χ3v) is 6.37. The van der Waals surface area contributed by atoms with Gasteiger partial charge in [0, 0.05) is 49.2 Å². The normalized spacial score (nSPS) is 13.2. The fraction of sp³-hybridized carbons (Fsp3) is 0.259. The van der Waals surface area contributed by atoms with Gasteiger partial charge in [-0.15, -0.1) is 5.10 Å². The molecule has 1 aliphatic carbocycles. The van der Waals surface area contributed by atoms with Crippen LogP contribution in [0.1, 0.15) is 34.3 Å². The van der Waals surface area contributed by atoms with E-state index in [4.69, 9.17) is 0 Å². The second-order valence-corrected chi connectivity index (χ2v) is 9.32. The lowest BCUT2D eigenvalue weighted by molar-refractivity contribution is -0.137. The van der Waals surface area contributed by atoms with E-state index in [2.05, 4.69) is 31.0 Å². The number of benzene rings is 2. The van der Waals surface area contributed by atoms with Gasteiger partial charge in [0.2, 0.25) is 0 Å². The van der Waals surface area contributed by atoms with E-state index in [1.54, 1.807) is 23.9 Å². The van der Waals surface area contributed by atoms with Crippen LogP contribution >= 0.6 is 0 Å². The minimum Gasteiger partial charge on any atom is -0.372 e. The molecule has 0 bridgehead atoms. The number of hydrogen-bond acceptors (Lipinski definition) is 7. The first-order chi connectivity index (χ1) is 18.6. The number of halogens is 3. The van der Waals surface area contributed by atoms with Crippen molar-refractivity contribution in [3.05, 3.63) is 77.6 Å². The van der Waals surface area contributed by atoms with Gasteiger partial charge in [-0.05, 0) is 55.7 Å². The number of carbonyl (C=O) groups is 1. The molecule has 12 heteroatoms. The summed E-state index contributed by atoms with van der Waals surface area (Å²) >= 11 is 0. The number of amides is 1. The van der Waals surface area contributed by atoms with Gasteiger partial charge >= 0.3 is 6.18 Å². The largest absolute Gasteiger partial charge is 0.416 e. The molecule has 0 atom stereocenters. The topological polar surface area (TPSA) is 100 Å². The fourth-order valence-corrected chi connectivity index (χ4v) is 4.09. The van der Waals surface area contributed by atoms with Crippen molar-refractivity contribution in [1.29, 1.82) is 0 Å². The summed E-state index contributed by atoms with van der Waals surface area (Å²) in [7, 11) is 3.63. The number of nitrogens with one attached hydrogen (secondary N) is 3. The number of aromatic nitrogens is 4. The molecule has 2 aromatic carbocycles. The average molecular weight is 537 g/mol. The Balaban J connectivity index is 1.43. The van der Waals surface area contributed by atoms with Crippen molar-refractivity contribution in [2.75, 3.05) is 34.9 Å². The van der Waals surface area contributed by atoms with Crippen molar-refractivity contribution in [2.45, 2.75) is 32.0 Å². The van der Waals surface area contributed by atoms with E-state index in [0.29, 0.717) is 35.0 Å². The molecule has 202 valence electrons. The molecule has 9 nitrogen and oxygen atoms in total. The quantitative estimate of drug-likeness (QED) is 0.269. The number of carbonyl (C=O) groups excluding carboxylic acids is 1. The maximum absolute atomic E-state index is 13.1. The van der Waals surface area contributed by atoms with Crippen LogP contribution in [0, 0.1) is 6.92 Å². The van der Waals surface area contributed by atoms with Crippen molar-refractivity contribution in [1.82, 2.24) is 19.7 Å². The Hall–Kier alpha value is -4.61. The van der Waals surface area contributed by atoms with Crippen molar-refractivity contribution in [3.8, 4) is 5.82 Å². The van der Waals surface area contributed by atoms with Gasteiger partial charge in [0.15, 0.2) is 5.82 Å². The van der Waals surface area contributed by atoms with Gasteiger partial charge in [-0.3, -0.25) is 4.79 Å². The van der Waals surface area contributed by atoms with Crippen molar-refractivity contribution in [3.63, 3.8) is 0 Å². The number of anilines is 5. The van der Waals surface area contributed by atoms with E-state index in [0.717, 1.165) is 36.2 Å². The molecule has 4 aromatic rings. The van der Waals surface area contributed by atoms with Crippen LogP contribution in [0.25, 0.3) is 5.82 Å². The third-order valence-electron chi connectivity index (χ3n) is 6.37. The summed E-state index contributed by atoms with van der Waals surface area (Å²) in [5, 5.41) is 13.8. The first kappa shape index (κ1) is 26.0. The Kier molecular flexibility index (Phi) is 6.85. The Morgan fingerprint density at radius 2 is 1.85 bits per heavy atom. The molecule has 1 amide bonds. The summed E-state index contributed by atoms with van der Waals surface area (Å²) < 4.78 is 41.0. The molecule has 0 radical (unpaired) electrons. The maximum Gasteiger partial charge on any atom is 0.416 e. The zero-order valence-electron chi connectivity index (χ0n) is 21.5. The smallest absolute Gasteiger partial charge is 0.372 e. The highest BCUT2D eigenvalue weighted by Crippen LogP contribution is 2.33. The second-order valence-electron chi connectivity index (χ2n) is 9.32. The molecule has 0 saturated heterocycles. The van der Waals surface area contributed by atoms with Gasteiger partial charge in [-0.2, -0.15) is 17.9 Å².